The molecule has 9 heteroatoms. The van der Waals surface area contributed by atoms with E-state index in [1.807, 2.05) is 24.4 Å². The van der Waals surface area contributed by atoms with Crippen LogP contribution in [0.15, 0.2) is 41.8 Å². The molecular formula is C24H29ClN6OS. The molecular weight excluding hydrogens is 456 g/mol. The van der Waals surface area contributed by atoms with E-state index < -0.39 is 0 Å². The van der Waals surface area contributed by atoms with Crippen LogP contribution in [0.4, 0.5) is 0 Å². The zero-order valence-corrected chi connectivity index (χ0v) is 20.4. The summed E-state index contributed by atoms with van der Waals surface area (Å²) >= 11 is 7.85. The molecule has 2 aliphatic rings. The first kappa shape index (κ1) is 22.6. The Morgan fingerprint density at radius 2 is 1.88 bits per heavy atom. The van der Waals surface area contributed by atoms with Crippen LogP contribution in [-0.2, 0) is 11.3 Å². The number of hydrogen-bond donors (Lipinski definition) is 0. The Morgan fingerprint density at radius 1 is 1.09 bits per heavy atom. The smallest absolute Gasteiger partial charge is 0.225 e. The third-order valence-corrected chi connectivity index (χ3v) is 7.82. The van der Waals surface area contributed by atoms with E-state index in [2.05, 4.69) is 36.9 Å². The van der Waals surface area contributed by atoms with Gasteiger partial charge in [0.2, 0.25) is 5.91 Å². The first-order valence-corrected chi connectivity index (χ1v) is 13.2. The Balaban J connectivity index is 1.17. The van der Waals surface area contributed by atoms with Gasteiger partial charge in [-0.15, -0.1) is 0 Å². The molecule has 5 rings (SSSR count). The van der Waals surface area contributed by atoms with Crippen molar-refractivity contribution in [3.05, 3.63) is 47.2 Å². The largest absolute Gasteiger partial charge is 0.342 e. The van der Waals surface area contributed by atoms with Crippen molar-refractivity contribution in [2.24, 2.45) is 5.92 Å². The van der Waals surface area contributed by atoms with Crippen molar-refractivity contribution in [2.45, 2.75) is 43.4 Å². The maximum absolute atomic E-state index is 13.2. The van der Waals surface area contributed by atoms with Crippen molar-refractivity contribution in [2.75, 3.05) is 32.4 Å². The van der Waals surface area contributed by atoms with Gasteiger partial charge < -0.3 is 9.47 Å². The molecule has 0 spiro atoms. The van der Waals surface area contributed by atoms with Crippen LogP contribution in [0, 0.1) is 5.92 Å². The lowest BCUT2D eigenvalue weighted by Gasteiger charge is -2.38. The van der Waals surface area contributed by atoms with Crippen molar-refractivity contribution >= 4 is 40.3 Å². The molecule has 7 nitrogen and oxygen atoms in total. The number of benzene rings is 1. The zero-order chi connectivity index (χ0) is 22.8. The molecule has 0 aliphatic carbocycles. The second-order valence-electron chi connectivity index (χ2n) is 8.96. The van der Waals surface area contributed by atoms with E-state index >= 15 is 0 Å². The normalized spacial score (nSPS) is 18.8. The molecule has 2 aromatic heterocycles. The Labute approximate surface area is 203 Å². The molecule has 0 atom stereocenters. The van der Waals surface area contributed by atoms with Crippen molar-refractivity contribution in [1.29, 1.82) is 0 Å². The fraction of sp³-hybridized carbons (Fsp3) is 0.500. The molecule has 1 amide bonds. The fourth-order valence-electron chi connectivity index (χ4n) is 5.16. The second kappa shape index (κ2) is 9.99. The van der Waals surface area contributed by atoms with Gasteiger partial charge in [0, 0.05) is 42.8 Å². The Hall–Kier alpha value is -2.16. The Bertz CT molecular complexity index is 1110. The summed E-state index contributed by atoms with van der Waals surface area (Å²) in [5.74, 6) is 0.484. The highest BCUT2D eigenvalue weighted by atomic mass is 35.5. The lowest BCUT2D eigenvalue weighted by Crippen LogP contribution is -2.45. The summed E-state index contributed by atoms with van der Waals surface area (Å²) in [7, 11) is 0. The molecule has 33 heavy (non-hydrogen) atoms. The van der Waals surface area contributed by atoms with Crippen molar-refractivity contribution in [1.82, 2.24) is 29.5 Å². The molecule has 0 bridgehead atoms. The van der Waals surface area contributed by atoms with Gasteiger partial charge >= 0.3 is 0 Å². The topological polar surface area (TPSA) is 67.2 Å². The van der Waals surface area contributed by atoms with Gasteiger partial charge in [0.05, 0.1) is 17.2 Å². The molecule has 2 fully saturated rings. The van der Waals surface area contributed by atoms with E-state index in [1.54, 1.807) is 18.0 Å². The molecule has 0 unspecified atom stereocenters. The van der Waals surface area contributed by atoms with Crippen LogP contribution in [0.3, 0.4) is 0 Å². The minimum Gasteiger partial charge on any atom is -0.342 e. The van der Waals surface area contributed by atoms with Gasteiger partial charge in [0.25, 0.3) is 0 Å². The van der Waals surface area contributed by atoms with Crippen LogP contribution in [0.25, 0.3) is 11.0 Å². The number of rotatable bonds is 5. The van der Waals surface area contributed by atoms with Crippen LogP contribution in [0.5, 0.6) is 0 Å². The van der Waals surface area contributed by atoms with Gasteiger partial charge in [-0.25, -0.2) is 4.98 Å². The molecule has 0 saturated carbocycles. The molecule has 0 radical (unpaired) electrons. The highest BCUT2D eigenvalue weighted by Crippen LogP contribution is 2.34. The lowest BCUT2D eigenvalue weighted by atomic mass is 9.93. The Morgan fingerprint density at radius 3 is 2.58 bits per heavy atom. The van der Waals surface area contributed by atoms with E-state index in [0.717, 1.165) is 74.6 Å². The summed E-state index contributed by atoms with van der Waals surface area (Å²) in [6, 6.07) is 8.30. The summed E-state index contributed by atoms with van der Waals surface area (Å²) in [4.78, 5) is 22.5. The molecule has 2 aliphatic heterocycles. The van der Waals surface area contributed by atoms with Crippen LogP contribution in [0.2, 0.25) is 5.02 Å². The monoisotopic (exact) mass is 484 g/mol. The van der Waals surface area contributed by atoms with E-state index in [1.165, 1.54) is 5.56 Å². The van der Waals surface area contributed by atoms with Crippen LogP contribution in [-0.4, -0.2) is 67.9 Å². The van der Waals surface area contributed by atoms with Crippen LogP contribution < -0.4 is 0 Å². The average molecular weight is 485 g/mol. The number of carbonyl (C=O) groups excluding carboxylic acids is 1. The highest BCUT2D eigenvalue weighted by Gasteiger charge is 2.32. The summed E-state index contributed by atoms with van der Waals surface area (Å²) in [5, 5.41) is 9.54. The summed E-state index contributed by atoms with van der Waals surface area (Å²) < 4.78 is 2.35. The highest BCUT2D eigenvalue weighted by molar-refractivity contribution is 7.98. The van der Waals surface area contributed by atoms with Gasteiger partial charge in [-0.2, -0.15) is 10.2 Å². The SMILES string of the molecule is CSc1nc2cc(Cl)ccc2n1C1CCN(C(=O)C2CCN(Cc3ccnnc3)CC2)CC1. The molecule has 2 saturated heterocycles. The number of aromatic nitrogens is 4. The quantitative estimate of drug-likeness (QED) is 0.503. The number of imidazole rings is 1. The predicted molar refractivity (Wildman–Crippen MR) is 131 cm³/mol. The number of fused-ring (bicyclic) bond motifs is 1. The van der Waals surface area contributed by atoms with E-state index in [0.29, 0.717) is 17.0 Å². The summed E-state index contributed by atoms with van der Waals surface area (Å²) in [6.07, 6.45) is 9.40. The molecule has 0 N–H and O–H groups in total. The molecule has 174 valence electrons. The van der Waals surface area contributed by atoms with Gasteiger partial charge in [-0.1, -0.05) is 23.4 Å². The first-order chi connectivity index (χ1) is 16.1. The van der Waals surface area contributed by atoms with Gasteiger partial charge in [0.15, 0.2) is 5.16 Å². The zero-order valence-electron chi connectivity index (χ0n) is 18.9. The average Bonchev–Trinajstić information content (AvgIpc) is 3.22. The number of likely N-dealkylation sites (tertiary alicyclic amines) is 2. The number of amides is 1. The third-order valence-electron chi connectivity index (χ3n) is 6.93. The van der Waals surface area contributed by atoms with Crippen LogP contribution in [0.1, 0.15) is 37.3 Å². The number of halogens is 1. The first-order valence-electron chi connectivity index (χ1n) is 11.6. The summed E-state index contributed by atoms with van der Waals surface area (Å²) in [6.45, 7) is 4.41. The number of carbonyl (C=O) groups is 1. The number of hydrogen-bond acceptors (Lipinski definition) is 6. The number of piperidine rings is 2. The second-order valence-corrected chi connectivity index (χ2v) is 10.2. The van der Waals surface area contributed by atoms with Gasteiger partial charge in [-0.05, 0) is 74.9 Å². The molecule has 3 aromatic rings. The van der Waals surface area contributed by atoms with Crippen LogP contribution >= 0.6 is 23.4 Å². The van der Waals surface area contributed by atoms with Crippen molar-refractivity contribution in [3.63, 3.8) is 0 Å². The molecule has 1 aromatic carbocycles. The van der Waals surface area contributed by atoms with Crippen molar-refractivity contribution < 1.29 is 4.79 Å². The number of nitrogens with zero attached hydrogens (tertiary/aromatic N) is 6. The Kier molecular flexibility index (Phi) is 6.85. The van der Waals surface area contributed by atoms with E-state index in [-0.39, 0.29) is 5.92 Å². The predicted octanol–water partition coefficient (Wildman–Crippen LogP) is 4.28. The maximum Gasteiger partial charge on any atom is 0.225 e. The standard InChI is InChI=1S/C24H29ClN6OS/c1-33-24-28-21-14-19(25)2-3-22(21)31(24)20-7-12-30(13-8-20)23(32)18-5-10-29(11-6-18)16-17-4-9-26-27-15-17/h2-4,9,14-15,18,20H,5-8,10-13,16H2,1H3. The number of thioether (sulfide) groups is 1. The molecule has 4 heterocycles. The lowest BCUT2D eigenvalue weighted by molar-refractivity contribution is -0.138. The third kappa shape index (κ3) is 4.88. The van der Waals surface area contributed by atoms with Crippen molar-refractivity contribution in [3.8, 4) is 0 Å². The van der Waals surface area contributed by atoms with E-state index in [9.17, 15) is 4.79 Å². The minimum atomic E-state index is 0.145. The minimum absolute atomic E-state index is 0.145. The maximum atomic E-state index is 13.2. The van der Waals surface area contributed by atoms with Gasteiger partial charge in [0.1, 0.15) is 0 Å². The fourth-order valence-corrected chi connectivity index (χ4v) is 5.96. The summed E-state index contributed by atoms with van der Waals surface area (Å²) in [5.41, 5.74) is 3.25. The van der Waals surface area contributed by atoms with E-state index in [4.69, 9.17) is 16.6 Å². The van der Waals surface area contributed by atoms with Gasteiger partial charge in [-0.3, -0.25) is 9.69 Å².